The van der Waals surface area contributed by atoms with E-state index in [4.69, 9.17) is 4.74 Å². The number of rotatable bonds is 4. The minimum atomic E-state index is 0.458. The van der Waals surface area contributed by atoms with Crippen LogP contribution in [-0.2, 0) is 4.74 Å². The first-order valence-corrected chi connectivity index (χ1v) is 6.88. The summed E-state index contributed by atoms with van der Waals surface area (Å²) in [6.45, 7) is 5.34. The number of aryl methyl sites for hydroxylation is 2. The minimum Gasteiger partial charge on any atom is -0.378 e. The van der Waals surface area contributed by atoms with Gasteiger partial charge in [0, 0.05) is 22.4 Å². The standard InChI is InChI=1S/C13H21NOS/c1-9-7-10(2)16-13(9)12(14-3)8-11-5-4-6-15-11/h7,11-12,14H,4-6,8H2,1-3H3. The maximum absolute atomic E-state index is 5.72. The highest BCUT2D eigenvalue weighted by molar-refractivity contribution is 7.12. The summed E-state index contributed by atoms with van der Waals surface area (Å²) in [5, 5.41) is 3.43. The van der Waals surface area contributed by atoms with Gasteiger partial charge in [-0.25, -0.2) is 0 Å². The molecule has 1 saturated heterocycles. The molecule has 2 unspecified atom stereocenters. The zero-order valence-corrected chi connectivity index (χ0v) is 11.2. The van der Waals surface area contributed by atoms with E-state index in [1.165, 1.54) is 28.2 Å². The van der Waals surface area contributed by atoms with Gasteiger partial charge in [0.05, 0.1) is 6.10 Å². The topological polar surface area (TPSA) is 21.3 Å². The third kappa shape index (κ3) is 2.65. The van der Waals surface area contributed by atoms with Crippen molar-refractivity contribution >= 4 is 11.3 Å². The predicted molar refractivity (Wildman–Crippen MR) is 69.2 cm³/mol. The first-order chi connectivity index (χ1) is 7.70. The Hall–Kier alpha value is -0.380. The largest absolute Gasteiger partial charge is 0.378 e. The van der Waals surface area contributed by atoms with Gasteiger partial charge < -0.3 is 10.1 Å². The third-order valence-electron chi connectivity index (χ3n) is 3.27. The second kappa shape index (κ2) is 5.30. The number of hydrogen-bond acceptors (Lipinski definition) is 3. The highest BCUT2D eigenvalue weighted by atomic mass is 32.1. The summed E-state index contributed by atoms with van der Waals surface area (Å²) in [6.07, 6.45) is 4.02. The fraction of sp³-hybridized carbons (Fsp3) is 0.692. The summed E-state index contributed by atoms with van der Waals surface area (Å²) in [5.41, 5.74) is 1.42. The van der Waals surface area contributed by atoms with E-state index in [1.54, 1.807) is 0 Å². The number of ether oxygens (including phenoxy) is 1. The lowest BCUT2D eigenvalue weighted by Crippen LogP contribution is -2.21. The zero-order valence-electron chi connectivity index (χ0n) is 10.4. The van der Waals surface area contributed by atoms with Crippen molar-refractivity contribution in [2.24, 2.45) is 0 Å². The van der Waals surface area contributed by atoms with Gasteiger partial charge in [0.15, 0.2) is 0 Å². The second-order valence-electron chi connectivity index (χ2n) is 4.62. The Bertz CT molecular complexity index is 342. The van der Waals surface area contributed by atoms with Crippen LogP contribution < -0.4 is 5.32 Å². The molecule has 0 aromatic carbocycles. The molecule has 0 amide bonds. The molecule has 2 rings (SSSR count). The molecular weight excluding hydrogens is 218 g/mol. The van der Waals surface area contributed by atoms with E-state index in [-0.39, 0.29) is 0 Å². The maximum atomic E-state index is 5.72. The van der Waals surface area contributed by atoms with E-state index in [0.717, 1.165) is 13.0 Å². The Morgan fingerprint density at radius 3 is 2.88 bits per heavy atom. The first kappa shape index (κ1) is 12.1. The van der Waals surface area contributed by atoms with Crippen molar-refractivity contribution in [1.29, 1.82) is 0 Å². The van der Waals surface area contributed by atoms with Gasteiger partial charge in [-0.2, -0.15) is 0 Å². The Morgan fingerprint density at radius 2 is 2.38 bits per heavy atom. The highest BCUT2D eigenvalue weighted by Gasteiger charge is 2.22. The van der Waals surface area contributed by atoms with Gasteiger partial charge >= 0.3 is 0 Å². The smallest absolute Gasteiger partial charge is 0.0594 e. The van der Waals surface area contributed by atoms with Crippen LogP contribution in [0.5, 0.6) is 0 Å². The van der Waals surface area contributed by atoms with Crippen LogP contribution in [0.3, 0.4) is 0 Å². The molecule has 90 valence electrons. The van der Waals surface area contributed by atoms with Crippen LogP contribution in [-0.4, -0.2) is 19.8 Å². The summed E-state index contributed by atoms with van der Waals surface area (Å²) in [5.74, 6) is 0. The molecule has 1 fully saturated rings. The fourth-order valence-corrected chi connectivity index (χ4v) is 3.61. The molecule has 1 aromatic rings. The van der Waals surface area contributed by atoms with Crippen LogP contribution in [0.2, 0.25) is 0 Å². The summed E-state index contributed by atoms with van der Waals surface area (Å²) in [7, 11) is 2.05. The molecule has 2 nitrogen and oxygen atoms in total. The van der Waals surface area contributed by atoms with Gasteiger partial charge in [-0.15, -0.1) is 11.3 Å². The van der Waals surface area contributed by atoms with Crippen molar-refractivity contribution in [2.45, 2.75) is 45.3 Å². The van der Waals surface area contributed by atoms with Gasteiger partial charge in [-0.1, -0.05) is 0 Å². The summed E-state index contributed by atoms with van der Waals surface area (Å²) < 4.78 is 5.72. The van der Waals surface area contributed by atoms with Gasteiger partial charge in [-0.05, 0) is 51.8 Å². The summed E-state index contributed by atoms with van der Waals surface area (Å²) in [6, 6.07) is 2.74. The van der Waals surface area contributed by atoms with Crippen molar-refractivity contribution in [1.82, 2.24) is 5.32 Å². The van der Waals surface area contributed by atoms with Crippen molar-refractivity contribution in [2.75, 3.05) is 13.7 Å². The fourth-order valence-electron chi connectivity index (χ4n) is 2.45. The molecular formula is C13H21NOS. The van der Waals surface area contributed by atoms with Crippen LogP contribution in [0.1, 0.15) is 40.6 Å². The number of nitrogens with one attached hydrogen (secondary N) is 1. The minimum absolute atomic E-state index is 0.458. The molecule has 1 aromatic heterocycles. The normalized spacial score (nSPS) is 22.6. The number of thiophene rings is 1. The monoisotopic (exact) mass is 239 g/mol. The maximum Gasteiger partial charge on any atom is 0.0594 e. The Balaban J connectivity index is 2.06. The average molecular weight is 239 g/mol. The molecule has 1 aliphatic rings. The number of hydrogen-bond donors (Lipinski definition) is 1. The summed E-state index contributed by atoms with van der Waals surface area (Å²) >= 11 is 1.91. The van der Waals surface area contributed by atoms with E-state index >= 15 is 0 Å². The Morgan fingerprint density at radius 1 is 1.56 bits per heavy atom. The van der Waals surface area contributed by atoms with E-state index in [2.05, 4.69) is 25.2 Å². The van der Waals surface area contributed by atoms with Crippen molar-refractivity contribution in [3.8, 4) is 0 Å². The molecule has 2 atom stereocenters. The van der Waals surface area contributed by atoms with Crippen LogP contribution in [0.4, 0.5) is 0 Å². The molecule has 2 heterocycles. The van der Waals surface area contributed by atoms with E-state index in [0.29, 0.717) is 12.1 Å². The van der Waals surface area contributed by atoms with Crippen molar-refractivity contribution in [3.05, 3.63) is 21.4 Å². The molecule has 0 spiro atoms. The third-order valence-corrected chi connectivity index (χ3v) is 4.53. The van der Waals surface area contributed by atoms with Crippen LogP contribution in [0.25, 0.3) is 0 Å². The molecule has 1 aliphatic heterocycles. The predicted octanol–water partition coefficient (Wildman–Crippen LogP) is 3.19. The molecule has 0 aliphatic carbocycles. The van der Waals surface area contributed by atoms with Crippen LogP contribution in [0.15, 0.2) is 6.07 Å². The SMILES string of the molecule is CNC(CC1CCCO1)c1sc(C)cc1C. The molecule has 0 bridgehead atoms. The Labute approximate surface area is 102 Å². The molecule has 16 heavy (non-hydrogen) atoms. The average Bonchev–Trinajstić information content (AvgIpc) is 2.85. The second-order valence-corrected chi connectivity index (χ2v) is 5.90. The Kier molecular flexibility index (Phi) is 4.00. The van der Waals surface area contributed by atoms with E-state index in [9.17, 15) is 0 Å². The van der Waals surface area contributed by atoms with Gasteiger partial charge in [-0.3, -0.25) is 0 Å². The van der Waals surface area contributed by atoms with Crippen LogP contribution in [0, 0.1) is 13.8 Å². The van der Waals surface area contributed by atoms with Crippen LogP contribution >= 0.6 is 11.3 Å². The van der Waals surface area contributed by atoms with Crippen molar-refractivity contribution in [3.63, 3.8) is 0 Å². The highest BCUT2D eigenvalue weighted by Crippen LogP contribution is 2.32. The lowest BCUT2D eigenvalue weighted by molar-refractivity contribution is 0.0957. The van der Waals surface area contributed by atoms with Gasteiger partial charge in [0.25, 0.3) is 0 Å². The van der Waals surface area contributed by atoms with E-state index < -0.39 is 0 Å². The molecule has 3 heteroatoms. The lowest BCUT2D eigenvalue weighted by Gasteiger charge is -2.19. The lowest BCUT2D eigenvalue weighted by atomic mass is 10.0. The van der Waals surface area contributed by atoms with Gasteiger partial charge in [0.1, 0.15) is 0 Å². The van der Waals surface area contributed by atoms with Crippen molar-refractivity contribution < 1.29 is 4.74 Å². The quantitative estimate of drug-likeness (QED) is 0.871. The van der Waals surface area contributed by atoms with Gasteiger partial charge in [0.2, 0.25) is 0 Å². The zero-order chi connectivity index (χ0) is 11.5. The first-order valence-electron chi connectivity index (χ1n) is 6.06. The summed E-state index contributed by atoms with van der Waals surface area (Å²) in [4.78, 5) is 2.88. The van der Waals surface area contributed by atoms with E-state index in [1.807, 2.05) is 18.4 Å². The molecule has 1 N–H and O–H groups in total. The molecule has 0 radical (unpaired) electrons. The molecule has 0 saturated carbocycles.